The van der Waals surface area contributed by atoms with Crippen LogP contribution in [0.3, 0.4) is 0 Å². The molecule has 0 unspecified atom stereocenters. The van der Waals surface area contributed by atoms with Crippen LogP contribution in [0, 0.1) is 0 Å². The SMILES string of the molecule is CCCC(=O)O[C@@H](C)C(=O)Nc1cccc(S(=O)(=O)N(C)C)c1. The van der Waals surface area contributed by atoms with Crippen LogP contribution in [-0.4, -0.2) is 44.8 Å². The molecule has 1 atom stereocenters. The van der Waals surface area contributed by atoms with Gasteiger partial charge >= 0.3 is 5.97 Å². The molecule has 0 aliphatic rings. The van der Waals surface area contributed by atoms with Gasteiger partial charge in [0, 0.05) is 26.2 Å². The molecule has 7 nitrogen and oxygen atoms in total. The fourth-order valence-corrected chi connectivity index (χ4v) is 2.65. The fourth-order valence-electron chi connectivity index (χ4n) is 1.70. The lowest BCUT2D eigenvalue weighted by molar-refractivity contribution is -0.153. The summed E-state index contributed by atoms with van der Waals surface area (Å²) in [5.74, 6) is -0.965. The molecule has 8 heteroatoms. The van der Waals surface area contributed by atoms with Crippen molar-refractivity contribution in [1.29, 1.82) is 0 Å². The van der Waals surface area contributed by atoms with Gasteiger partial charge in [-0.25, -0.2) is 12.7 Å². The zero-order valence-electron chi connectivity index (χ0n) is 13.7. The first kappa shape index (κ1) is 19.1. The number of hydrogen-bond donors (Lipinski definition) is 1. The van der Waals surface area contributed by atoms with Gasteiger partial charge in [0.05, 0.1) is 4.90 Å². The number of sulfonamides is 1. The van der Waals surface area contributed by atoms with Gasteiger partial charge in [-0.15, -0.1) is 0 Å². The van der Waals surface area contributed by atoms with Crippen molar-refractivity contribution in [2.45, 2.75) is 37.7 Å². The zero-order chi connectivity index (χ0) is 17.6. The molecule has 0 bridgehead atoms. The van der Waals surface area contributed by atoms with Gasteiger partial charge in [-0.05, 0) is 31.5 Å². The predicted molar refractivity (Wildman–Crippen MR) is 86.4 cm³/mol. The highest BCUT2D eigenvalue weighted by atomic mass is 32.2. The maximum atomic E-state index is 12.1. The highest BCUT2D eigenvalue weighted by molar-refractivity contribution is 7.89. The maximum Gasteiger partial charge on any atom is 0.306 e. The summed E-state index contributed by atoms with van der Waals surface area (Å²) in [6.07, 6.45) is -0.0747. The largest absolute Gasteiger partial charge is 0.453 e. The number of rotatable bonds is 7. The average Bonchev–Trinajstić information content (AvgIpc) is 2.47. The van der Waals surface area contributed by atoms with Crippen LogP contribution in [0.1, 0.15) is 26.7 Å². The van der Waals surface area contributed by atoms with Crippen LogP contribution in [0.2, 0.25) is 0 Å². The van der Waals surface area contributed by atoms with Gasteiger partial charge < -0.3 is 10.1 Å². The Balaban J connectivity index is 2.82. The average molecular weight is 342 g/mol. The summed E-state index contributed by atoms with van der Waals surface area (Å²) >= 11 is 0. The van der Waals surface area contributed by atoms with Crippen molar-refractivity contribution < 1.29 is 22.7 Å². The number of benzene rings is 1. The Kier molecular flexibility index (Phi) is 6.71. The summed E-state index contributed by atoms with van der Waals surface area (Å²) in [6, 6.07) is 5.89. The van der Waals surface area contributed by atoms with Crippen LogP contribution in [0.25, 0.3) is 0 Å². The standard InChI is InChI=1S/C15H22N2O5S/c1-5-7-14(18)22-11(2)15(19)16-12-8-6-9-13(10-12)23(20,21)17(3)4/h6,8-11H,5,7H2,1-4H3,(H,16,19)/t11-/m0/s1. The minimum Gasteiger partial charge on any atom is -0.453 e. The molecule has 0 radical (unpaired) electrons. The Morgan fingerprint density at radius 2 is 1.96 bits per heavy atom. The van der Waals surface area contributed by atoms with Crippen molar-refractivity contribution in [3.05, 3.63) is 24.3 Å². The molecule has 1 N–H and O–H groups in total. The van der Waals surface area contributed by atoms with Crippen LogP contribution >= 0.6 is 0 Å². The third kappa shape index (κ3) is 5.33. The van der Waals surface area contributed by atoms with Gasteiger partial charge in [0.15, 0.2) is 6.10 Å². The Morgan fingerprint density at radius 3 is 2.52 bits per heavy atom. The molecule has 0 spiro atoms. The highest BCUT2D eigenvalue weighted by Gasteiger charge is 2.20. The molecule has 23 heavy (non-hydrogen) atoms. The van der Waals surface area contributed by atoms with Crippen LogP contribution in [-0.2, 0) is 24.3 Å². The molecule has 0 aliphatic heterocycles. The van der Waals surface area contributed by atoms with E-state index in [4.69, 9.17) is 4.74 Å². The quantitative estimate of drug-likeness (QED) is 0.760. The molecule has 1 amide bonds. The summed E-state index contributed by atoms with van der Waals surface area (Å²) < 4.78 is 30.2. The van der Waals surface area contributed by atoms with E-state index < -0.39 is 28.0 Å². The molecule has 0 fully saturated rings. The number of carbonyl (C=O) groups is 2. The summed E-state index contributed by atoms with van der Waals surface area (Å²) in [5, 5.41) is 2.54. The second-order valence-electron chi connectivity index (χ2n) is 5.19. The smallest absolute Gasteiger partial charge is 0.306 e. The van der Waals surface area contributed by atoms with Gasteiger partial charge in [-0.2, -0.15) is 0 Å². The molecule has 0 saturated carbocycles. The van der Waals surface area contributed by atoms with Gasteiger partial charge in [0.2, 0.25) is 10.0 Å². The maximum absolute atomic E-state index is 12.1. The van der Waals surface area contributed by atoms with Gasteiger partial charge in [-0.3, -0.25) is 9.59 Å². The summed E-state index contributed by atoms with van der Waals surface area (Å²) in [7, 11) is -0.732. The molecule has 0 saturated heterocycles. The fraction of sp³-hybridized carbons (Fsp3) is 0.467. The third-order valence-corrected chi connectivity index (χ3v) is 4.82. The first-order valence-electron chi connectivity index (χ1n) is 7.21. The second-order valence-corrected chi connectivity index (χ2v) is 7.34. The van der Waals surface area contributed by atoms with Crippen molar-refractivity contribution in [3.8, 4) is 0 Å². The lowest BCUT2D eigenvalue weighted by atomic mass is 10.3. The Hall–Kier alpha value is -1.93. The van der Waals surface area contributed by atoms with Crippen molar-refractivity contribution in [2.24, 2.45) is 0 Å². The number of ether oxygens (including phenoxy) is 1. The Labute approximate surface area is 136 Å². The number of anilines is 1. The molecule has 1 aromatic rings. The number of carbonyl (C=O) groups excluding carboxylic acids is 2. The van der Waals surface area contributed by atoms with Gasteiger partial charge in [0.25, 0.3) is 5.91 Å². The van der Waals surface area contributed by atoms with E-state index in [1.54, 1.807) is 6.07 Å². The van der Waals surface area contributed by atoms with E-state index in [9.17, 15) is 18.0 Å². The molecule has 1 aromatic carbocycles. The van der Waals surface area contributed by atoms with Crippen molar-refractivity contribution in [3.63, 3.8) is 0 Å². The van der Waals surface area contributed by atoms with E-state index in [1.807, 2.05) is 6.92 Å². The summed E-state index contributed by atoms with van der Waals surface area (Å²) in [4.78, 5) is 23.4. The first-order valence-corrected chi connectivity index (χ1v) is 8.65. The van der Waals surface area contributed by atoms with Crippen LogP contribution in [0.4, 0.5) is 5.69 Å². The number of amides is 1. The highest BCUT2D eigenvalue weighted by Crippen LogP contribution is 2.18. The van der Waals surface area contributed by atoms with Crippen LogP contribution in [0.5, 0.6) is 0 Å². The van der Waals surface area contributed by atoms with Crippen LogP contribution < -0.4 is 5.32 Å². The van der Waals surface area contributed by atoms with E-state index in [2.05, 4.69) is 5.32 Å². The molecule has 0 heterocycles. The lowest BCUT2D eigenvalue weighted by Gasteiger charge is -2.15. The Bertz CT molecular complexity index is 670. The van der Waals surface area contributed by atoms with E-state index in [1.165, 1.54) is 39.2 Å². The number of nitrogens with zero attached hydrogens (tertiary/aromatic N) is 1. The molecule has 0 aromatic heterocycles. The molecular weight excluding hydrogens is 320 g/mol. The molecule has 0 aliphatic carbocycles. The lowest BCUT2D eigenvalue weighted by Crippen LogP contribution is -2.30. The summed E-state index contributed by atoms with van der Waals surface area (Å²) in [5.41, 5.74) is 0.316. The number of nitrogens with one attached hydrogen (secondary N) is 1. The first-order chi connectivity index (χ1) is 10.7. The van der Waals surface area contributed by atoms with Gasteiger partial charge in [0.1, 0.15) is 0 Å². The van der Waals surface area contributed by atoms with E-state index in [0.717, 1.165) is 4.31 Å². The number of esters is 1. The number of hydrogen-bond acceptors (Lipinski definition) is 5. The molecule has 128 valence electrons. The van der Waals surface area contributed by atoms with E-state index in [0.29, 0.717) is 12.1 Å². The summed E-state index contributed by atoms with van der Waals surface area (Å²) in [6.45, 7) is 3.30. The molecular formula is C15H22N2O5S. The monoisotopic (exact) mass is 342 g/mol. The topological polar surface area (TPSA) is 92.8 Å². The van der Waals surface area contributed by atoms with Crippen molar-refractivity contribution >= 4 is 27.6 Å². The minimum atomic E-state index is -3.59. The normalized spacial score (nSPS) is 12.7. The van der Waals surface area contributed by atoms with Crippen molar-refractivity contribution in [2.75, 3.05) is 19.4 Å². The van der Waals surface area contributed by atoms with E-state index >= 15 is 0 Å². The van der Waals surface area contributed by atoms with Crippen LogP contribution in [0.15, 0.2) is 29.2 Å². The third-order valence-electron chi connectivity index (χ3n) is 3.01. The second kappa shape index (κ2) is 8.07. The zero-order valence-corrected chi connectivity index (χ0v) is 14.5. The van der Waals surface area contributed by atoms with E-state index in [-0.39, 0.29) is 11.3 Å². The minimum absolute atomic E-state index is 0.0657. The Morgan fingerprint density at radius 1 is 1.30 bits per heavy atom. The molecule has 1 rings (SSSR count). The van der Waals surface area contributed by atoms with Crippen molar-refractivity contribution in [1.82, 2.24) is 4.31 Å². The van der Waals surface area contributed by atoms with Gasteiger partial charge in [-0.1, -0.05) is 13.0 Å². The predicted octanol–water partition coefficient (Wildman–Crippen LogP) is 1.61.